The lowest BCUT2D eigenvalue weighted by molar-refractivity contribution is 0.118. The van der Waals surface area contributed by atoms with Crippen LogP contribution in [0.5, 0.6) is 0 Å². The van der Waals surface area contributed by atoms with Crippen LogP contribution in [0.15, 0.2) is 22.7 Å². The lowest BCUT2D eigenvalue weighted by Gasteiger charge is -2.29. The molecule has 1 aliphatic heterocycles. The standard InChI is InChI=1S/C14H21BrN2O/c15-13-6-4-7-14(16)12(13)9-17-8-3-1-2-5-11(17)10-18/h4,6-7,11,18H,1-3,5,8-10,16H2. The maximum Gasteiger partial charge on any atom is 0.0586 e. The Hall–Kier alpha value is -0.580. The average molecular weight is 313 g/mol. The molecule has 2 rings (SSSR count). The predicted octanol–water partition coefficient (Wildman–Crippen LogP) is 2.77. The SMILES string of the molecule is Nc1cccc(Br)c1CN1CCCCCC1CO. The number of anilines is 1. The van der Waals surface area contributed by atoms with E-state index >= 15 is 0 Å². The minimum absolute atomic E-state index is 0.240. The first-order valence-corrected chi connectivity index (χ1v) is 7.39. The zero-order valence-electron chi connectivity index (χ0n) is 10.6. The highest BCUT2D eigenvalue weighted by Gasteiger charge is 2.21. The number of likely N-dealkylation sites (tertiary alicyclic amines) is 1. The fraction of sp³-hybridized carbons (Fsp3) is 0.571. The molecule has 18 heavy (non-hydrogen) atoms. The van der Waals surface area contributed by atoms with Crippen LogP contribution < -0.4 is 5.73 Å². The largest absolute Gasteiger partial charge is 0.398 e. The Morgan fingerprint density at radius 2 is 2.17 bits per heavy atom. The van der Waals surface area contributed by atoms with Gasteiger partial charge >= 0.3 is 0 Å². The first-order chi connectivity index (χ1) is 8.72. The van der Waals surface area contributed by atoms with Crippen molar-refractivity contribution in [1.82, 2.24) is 4.90 Å². The number of nitrogens with zero attached hydrogens (tertiary/aromatic N) is 1. The van der Waals surface area contributed by atoms with Crippen molar-refractivity contribution < 1.29 is 5.11 Å². The molecule has 3 N–H and O–H groups in total. The molecule has 1 saturated heterocycles. The number of hydrogen-bond acceptors (Lipinski definition) is 3. The first-order valence-electron chi connectivity index (χ1n) is 6.60. The van der Waals surface area contributed by atoms with Crippen LogP contribution in [-0.4, -0.2) is 29.2 Å². The molecule has 0 aromatic heterocycles. The van der Waals surface area contributed by atoms with Crippen LogP contribution in [-0.2, 0) is 6.54 Å². The normalized spacial score (nSPS) is 21.8. The van der Waals surface area contributed by atoms with E-state index in [1.807, 2.05) is 18.2 Å². The van der Waals surface area contributed by atoms with Crippen LogP contribution >= 0.6 is 15.9 Å². The lowest BCUT2D eigenvalue weighted by Crippen LogP contribution is -2.37. The van der Waals surface area contributed by atoms with Gasteiger partial charge in [-0.15, -0.1) is 0 Å². The molecule has 0 bridgehead atoms. The third-order valence-electron chi connectivity index (χ3n) is 3.73. The monoisotopic (exact) mass is 312 g/mol. The maximum absolute atomic E-state index is 9.52. The molecule has 1 aliphatic rings. The van der Waals surface area contributed by atoms with Gasteiger partial charge in [0.05, 0.1) is 6.61 Å². The summed E-state index contributed by atoms with van der Waals surface area (Å²) >= 11 is 3.57. The number of aliphatic hydroxyl groups is 1. The van der Waals surface area contributed by atoms with E-state index in [-0.39, 0.29) is 12.6 Å². The molecule has 0 aliphatic carbocycles. The Labute approximate surface area is 117 Å². The number of aliphatic hydroxyl groups excluding tert-OH is 1. The third-order valence-corrected chi connectivity index (χ3v) is 4.47. The smallest absolute Gasteiger partial charge is 0.0586 e. The van der Waals surface area contributed by atoms with E-state index in [0.29, 0.717) is 0 Å². The van der Waals surface area contributed by atoms with Crippen LogP contribution in [0.4, 0.5) is 5.69 Å². The molecule has 0 amide bonds. The van der Waals surface area contributed by atoms with Crippen LogP contribution in [0.3, 0.4) is 0 Å². The van der Waals surface area contributed by atoms with Gasteiger partial charge in [0.25, 0.3) is 0 Å². The molecule has 1 unspecified atom stereocenters. The van der Waals surface area contributed by atoms with Gasteiger partial charge in [-0.25, -0.2) is 0 Å². The average Bonchev–Trinajstić information content (AvgIpc) is 2.59. The van der Waals surface area contributed by atoms with E-state index in [4.69, 9.17) is 5.73 Å². The first kappa shape index (κ1) is 13.8. The van der Waals surface area contributed by atoms with Crippen molar-refractivity contribution >= 4 is 21.6 Å². The Kier molecular flexibility index (Phi) is 5.03. The van der Waals surface area contributed by atoms with E-state index in [1.54, 1.807) is 0 Å². The minimum atomic E-state index is 0.240. The second-order valence-corrected chi connectivity index (χ2v) is 5.82. The summed E-state index contributed by atoms with van der Waals surface area (Å²) < 4.78 is 1.06. The summed E-state index contributed by atoms with van der Waals surface area (Å²) in [6.45, 7) is 2.11. The Balaban J connectivity index is 2.15. The fourth-order valence-electron chi connectivity index (χ4n) is 2.60. The second kappa shape index (κ2) is 6.55. The molecule has 4 heteroatoms. The number of nitrogens with two attached hydrogens (primary N) is 1. The Morgan fingerprint density at radius 3 is 2.89 bits per heavy atom. The zero-order valence-corrected chi connectivity index (χ0v) is 12.2. The van der Waals surface area contributed by atoms with Crippen molar-refractivity contribution in [3.63, 3.8) is 0 Å². The molecule has 0 radical (unpaired) electrons. The van der Waals surface area contributed by atoms with E-state index in [2.05, 4.69) is 20.8 Å². The number of hydrogen-bond donors (Lipinski definition) is 2. The van der Waals surface area contributed by atoms with Crippen LogP contribution in [0.1, 0.15) is 31.2 Å². The highest BCUT2D eigenvalue weighted by molar-refractivity contribution is 9.10. The quantitative estimate of drug-likeness (QED) is 0.844. The van der Waals surface area contributed by atoms with Gasteiger partial charge in [-0.05, 0) is 31.5 Å². The molecule has 100 valence electrons. The van der Waals surface area contributed by atoms with Crippen molar-refractivity contribution in [2.24, 2.45) is 0 Å². The van der Waals surface area contributed by atoms with Crippen molar-refractivity contribution in [3.05, 3.63) is 28.2 Å². The topological polar surface area (TPSA) is 49.5 Å². The molecular weight excluding hydrogens is 292 g/mol. The minimum Gasteiger partial charge on any atom is -0.398 e. The molecule has 0 spiro atoms. The summed E-state index contributed by atoms with van der Waals surface area (Å²) in [4.78, 5) is 2.36. The maximum atomic E-state index is 9.52. The summed E-state index contributed by atoms with van der Waals surface area (Å²) in [6.07, 6.45) is 4.77. The van der Waals surface area contributed by atoms with Gasteiger partial charge in [0, 0.05) is 28.3 Å². The van der Waals surface area contributed by atoms with Gasteiger partial charge in [0.2, 0.25) is 0 Å². The molecule has 1 atom stereocenters. The highest BCUT2D eigenvalue weighted by Crippen LogP contribution is 2.26. The van der Waals surface area contributed by atoms with Gasteiger partial charge in [0.15, 0.2) is 0 Å². The van der Waals surface area contributed by atoms with E-state index in [0.717, 1.165) is 35.2 Å². The number of rotatable bonds is 3. The molecule has 1 aromatic rings. The highest BCUT2D eigenvalue weighted by atomic mass is 79.9. The Bertz CT molecular complexity index is 377. The molecule has 1 aromatic carbocycles. The zero-order chi connectivity index (χ0) is 13.0. The van der Waals surface area contributed by atoms with Crippen LogP contribution in [0.25, 0.3) is 0 Å². The van der Waals surface area contributed by atoms with Crippen molar-refractivity contribution in [3.8, 4) is 0 Å². The predicted molar refractivity (Wildman–Crippen MR) is 78.3 cm³/mol. The van der Waals surface area contributed by atoms with E-state index in [9.17, 15) is 5.11 Å². The van der Waals surface area contributed by atoms with Gasteiger partial charge in [-0.3, -0.25) is 4.90 Å². The lowest BCUT2D eigenvalue weighted by atomic mass is 10.1. The van der Waals surface area contributed by atoms with E-state index < -0.39 is 0 Å². The molecule has 1 fully saturated rings. The van der Waals surface area contributed by atoms with Gasteiger partial charge in [0.1, 0.15) is 0 Å². The molecular formula is C14H21BrN2O. The van der Waals surface area contributed by atoms with Gasteiger partial charge < -0.3 is 10.8 Å². The number of benzene rings is 1. The summed E-state index contributed by atoms with van der Waals surface area (Å²) in [5.74, 6) is 0. The molecule has 1 heterocycles. The fourth-order valence-corrected chi connectivity index (χ4v) is 3.10. The third kappa shape index (κ3) is 3.25. The van der Waals surface area contributed by atoms with E-state index in [1.165, 1.54) is 19.3 Å². The summed E-state index contributed by atoms with van der Waals surface area (Å²) in [7, 11) is 0. The summed E-state index contributed by atoms with van der Waals surface area (Å²) in [5, 5.41) is 9.52. The van der Waals surface area contributed by atoms with Crippen LogP contribution in [0.2, 0.25) is 0 Å². The van der Waals surface area contributed by atoms with Gasteiger partial charge in [-0.1, -0.05) is 34.8 Å². The summed E-state index contributed by atoms with van der Waals surface area (Å²) in [5.41, 5.74) is 8.01. The molecule has 0 saturated carbocycles. The number of halogens is 1. The van der Waals surface area contributed by atoms with Crippen molar-refractivity contribution in [2.75, 3.05) is 18.9 Å². The van der Waals surface area contributed by atoms with Crippen LogP contribution in [0, 0.1) is 0 Å². The van der Waals surface area contributed by atoms with Crippen molar-refractivity contribution in [2.45, 2.75) is 38.3 Å². The van der Waals surface area contributed by atoms with Gasteiger partial charge in [-0.2, -0.15) is 0 Å². The summed E-state index contributed by atoms with van der Waals surface area (Å²) in [6, 6.07) is 6.19. The second-order valence-electron chi connectivity index (χ2n) is 4.96. The van der Waals surface area contributed by atoms with Crippen molar-refractivity contribution in [1.29, 1.82) is 0 Å². The Morgan fingerprint density at radius 1 is 1.33 bits per heavy atom. The number of nitrogen functional groups attached to an aromatic ring is 1. The molecule has 3 nitrogen and oxygen atoms in total.